The van der Waals surface area contributed by atoms with Gasteiger partial charge < -0.3 is 14.3 Å². The number of Topliss-reactive ketones (excluding diaryl/α,β-unsaturated/α-hetero) is 1. The molecule has 0 saturated carbocycles. The third kappa shape index (κ3) is 10.3. The first-order chi connectivity index (χ1) is 16.3. The van der Waals surface area contributed by atoms with Crippen LogP contribution < -0.4 is 0 Å². The molecule has 0 bridgehead atoms. The van der Waals surface area contributed by atoms with Crippen molar-refractivity contribution in [3.05, 3.63) is 65.9 Å². The van der Waals surface area contributed by atoms with Crippen LogP contribution in [-0.2, 0) is 30.5 Å². The summed E-state index contributed by atoms with van der Waals surface area (Å²) in [6.45, 7) is 4.10. The van der Waals surface area contributed by atoms with Gasteiger partial charge in [-0.2, -0.15) is 0 Å². The van der Waals surface area contributed by atoms with Crippen molar-refractivity contribution in [3.63, 3.8) is 0 Å². The summed E-state index contributed by atoms with van der Waals surface area (Å²) in [5.74, 6) is -2.12. The molecule has 1 aromatic carbocycles. The van der Waals surface area contributed by atoms with Gasteiger partial charge >= 0.3 is 11.9 Å². The lowest BCUT2D eigenvalue weighted by Crippen LogP contribution is -2.19. The lowest BCUT2D eigenvalue weighted by Gasteiger charge is -2.04. The average Bonchev–Trinajstić information content (AvgIpc) is 3.45. The highest BCUT2D eigenvalue weighted by molar-refractivity contribution is 9.11. The summed E-state index contributed by atoms with van der Waals surface area (Å²) in [5, 5.41) is 7.10. The Morgan fingerprint density at radius 1 is 0.886 bits per heavy atom. The molecular weight excluding hydrogens is 626 g/mol. The topological polar surface area (TPSA) is 117 Å². The van der Waals surface area contributed by atoms with Crippen LogP contribution in [0.2, 0.25) is 0 Å². The van der Waals surface area contributed by atoms with Gasteiger partial charge in [0.05, 0.1) is 13.2 Å². The Hall–Kier alpha value is -2.48. The number of ketones is 1. The van der Waals surface area contributed by atoms with E-state index in [9.17, 15) is 14.4 Å². The van der Waals surface area contributed by atoms with E-state index in [-0.39, 0.29) is 38.7 Å². The van der Waals surface area contributed by atoms with E-state index >= 15 is 0 Å². The number of benzene rings is 1. The number of carbonyl (C=O) groups is 3. The molecule has 3 aromatic rings. The molecule has 2 heterocycles. The molecule has 0 N–H and O–H groups in total. The van der Waals surface area contributed by atoms with Gasteiger partial charge in [-0.3, -0.25) is 4.79 Å². The zero-order valence-electron chi connectivity index (χ0n) is 18.0. The highest BCUT2D eigenvalue weighted by Gasteiger charge is 2.20. The standard InChI is InChI=1S/C14H13BrN2O3S.C7H6BrNO3S.CH4/c1-2-19-13(18)12(11-9-21-14(15)16-11)17-20-8-10-6-4-3-5-7-10;1-2-12-6(11)5(10)4-3-13-7(8)9-4;/h3-7,9H,2,8H2,1H3;3H,2H2,1H3;1H4/b17-12-;;. The Balaban J connectivity index is 0.000000378. The van der Waals surface area contributed by atoms with E-state index in [0.717, 1.165) is 5.56 Å². The van der Waals surface area contributed by atoms with Crippen LogP contribution in [0.4, 0.5) is 0 Å². The maximum atomic E-state index is 11.9. The van der Waals surface area contributed by atoms with Crippen LogP contribution in [0.3, 0.4) is 0 Å². The molecule has 0 spiro atoms. The summed E-state index contributed by atoms with van der Waals surface area (Å²) >= 11 is 8.95. The third-order valence-corrected chi connectivity index (χ3v) is 6.32. The van der Waals surface area contributed by atoms with Gasteiger partial charge in [0.1, 0.15) is 18.0 Å². The fraction of sp³-hybridized carbons (Fsp3) is 0.273. The SMILES string of the molecule is C.CCOC(=O)/C(=N\OCc1ccccc1)c1csc(Br)n1.CCOC(=O)C(=O)c1csc(Br)n1. The number of carbonyl (C=O) groups excluding carboxylic acids is 3. The largest absolute Gasteiger partial charge is 0.461 e. The summed E-state index contributed by atoms with van der Waals surface area (Å²) in [6.07, 6.45) is 0. The van der Waals surface area contributed by atoms with Gasteiger partial charge in [-0.15, -0.1) is 22.7 Å². The van der Waals surface area contributed by atoms with Crippen molar-refractivity contribution in [2.24, 2.45) is 5.16 Å². The molecule has 0 aliphatic rings. The smallest absolute Gasteiger partial charge is 0.381 e. The van der Waals surface area contributed by atoms with Gasteiger partial charge in [0.2, 0.25) is 5.71 Å². The van der Waals surface area contributed by atoms with Crippen molar-refractivity contribution in [2.45, 2.75) is 27.9 Å². The molecule has 35 heavy (non-hydrogen) atoms. The minimum atomic E-state index is -0.861. The number of oxime groups is 1. The Morgan fingerprint density at radius 2 is 1.43 bits per heavy atom. The summed E-state index contributed by atoms with van der Waals surface area (Å²) in [7, 11) is 0. The first kappa shape index (κ1) is 30.6. The second kappa shape index (κ2) is 16.2. The summed E-state index contributed by atoms with van der Waals surface area (Å²) in [6, 6.07) is 9.57. The van der Waals surface area contributed by atoms with Crippen molar-refractivity contribution < 1.29 is 28.7 Å². The molecule has 188 valence electrons. The van der Waals surface area contributed by atoms with E-state index in [0.29, 0.717) is 13.5 Å². The van der Waals surface area contributed by atoms with E-state index in [2.05, 4.69) is 51.7 Å². The van der Waals surface area contributed by atoms with Gasteiger partial charge in [-0.25, -0.2) is 19.6 Å². The molecule has 0 atom stereocenters. The Labute approximate surface area is 227 Å². The van der Waals surface area contributed by atoms with Crippen molar-refractivity contribution in [2.75, 3.05) is 13.2 Å². The molecule has 0 unspecified atom stereocenters. The Bertz CT molecular complexity index is 1140. The molecule has 0 fully saturated rings. The molecule has 3 rings (SSSR count). The van der Waals surface area contributed by atoms with Crippen molar-refractivity contribution >= 4 is 78.0 Å². The quantitative estimate of drug-likeness (QED) is 0.0957. The van der Waals surface area contributed by atoms with Crippen LogP contribution in [0.5, 0.6) is 0 Å². The number of thiazole rings is 2. The maximum Gasteiger partial charge on any atom is 0.381 e. The number of ether oxygens (including phenoxy) is 2. The second-order valence-electron chi connectivity index (χ2n) is 5.94. The lowest BCUT2D eigenvalue weighted by molar-refractivity contribution is -0.137. The zero-order chi connectivity index (χ0) is 24.9. The summed E-state index contributed by atoms with van der Waals surface area (Å²) < 4.78 is 10.7. The van der Waals surface area contributed by atoms with Crippen molar-refractivity contribution in [3.8, 4) is 0 Å². The molecular formula is C22H23Br2N3O6S2. The molecule has 0 radical (unpaired) electrons. The summed E-state index contributed by atoms with van der Waals surface area (Å²) in [4.78, 5) is 47.3. The Kier molecular flexibility index (Phi) is 14.2. The highest BCUT2D eigenvalue weighted by Crippen LogP contribution is 2.18. The third-order valence-electron chi connectivity index (χ3n) is 3.59. The molecule has 0 aliphatic carbocycles. The van der Waals surface area contributed by atoms with Crippen LogP contribution in [0, 0.1) is 0 Å². The van der Waals surface area contributed by atoms with Gasteiger partial charge in [0, 0.05) is 10.8 Å². The molecule has 0 aliphatic heterocycles. The van der Waals surface area contributed by atoms with Crippen LogP contribution in [-0.4, -0.2) is 46.6 Å². The number of hydrogen-bond donors (Lipinski definition) is 0. The minimum Gasteiger partial charge on any atom is -0.461 e. The molecule has 9 nitrogen and oxygen atoms in total. The zero-order valence-corrected chi connectivity index (χ0v) is 22.8. The second-order valence-corrected chi connectivity index (χ2v) is 10.2. The van der Waals surface area contributed by atoms with Crippen molar-refractivity contribution in [1.29, 1.82) is 0 Å². The number of nitrogens with zero attached hydrogens (tertiary/aromatic N) is 3. The van der Waals surface area contributed by atoms with E-state index in [1.54, 1.807) is 19.2 Å². The van der Waals surface area contributed by atoms with Crippen LogP contribution >= 0.6 is 54.5 Å². The van der Waals surface area contributed by atoms with Crippen LogP contribution in [0.1, 0.15) is 43.0 Å². The van der Waals surface area contributed by atoms with Crippen LogP contribution in [0.15, 0.2) is 54.1 Å². The fourth-order valence-corrected chi connectivity index (χ4v) is 4.14. The fourth-order valence-electron chi connectivity index (χ4n) is 2.15. The van der Waals surface area contributed by atoms with E-state index in [1.165, 1.54) is 28.1 Å². The molecule has 0 saturated heterocycles. The Morgan fingerprint density at radius 3 is 1.94 bits per heavy atom. The van der Waals surface area contributed by atoms with E-state index in [4.69, 9.17) is 9.57 Å². The molecule has 2 aromatic heterocycles. The first-order valence-corrected chi connectivity index (χ1v) is 13.0. The number of esters is 2. The normalized spacial score (nSPS) is 10.3. The van der Waals surface area contributed by atoms with Crippen LogP contribution in [0.25, 0.3) is 0 Å². The van der Waals surface area contributed by atoms with Gasteiger partial charge in [0.15, 0.2) is 7.83 Å². The van der Waals surface area contributed by atoms with Gasteiger partial charge in [-0.05, 0) is 51.3 Å². The van der Waals surface area contributed by atoms with Gasteiger partial charge in [-0.1, -0.05) is 42.9 Å². The monoisotopic (exact) mass is 647 g/mol. The highest BCUT2D eigenvalue weighted by atomic mass is 79.9. The van der Waals surface area contributed by atoms with E-state index in [1.807, 2.05) is 30.3 Å². The molecule has 0 amide bonds. The number of hydrogen-bond acceptors (Lipinski definition) is 11. The first-order valence-electron chi connectivity index (χ1n) is 9.70. The van der Waals surface area contributed by atoms with Crippen molar-refractivity contribution in [1.82, 2.24) is 9.97 Å². The number of rotatable bonds is 9. The summed E-state index contributed by atoms with van der Waals surface area (Å²) in [5.41, 5.74) is 1.58. The lowest BCUT2D eigenvalue weighted by atomic mass is 10.2. The average molecular weight is 649 g/mol. The predicted molar refractivity (Wildman–Crippen MR) is 142 cm³/mol. The maximum absolute atomic E-state index is 11.9. The molecule has 13 heteroatoms. The predicted octanol–water partition coefficient (Wildman–Crippen LogP) is 5.68. The van der Waals surface area contributed by atoms with Gasteiger partial charge in [0.25, 0.3) is 5.78 Å². The van der Waals surface area contributed by atoms with E-state index < -0.39 is 17.7 Å². The number of aromatic nitrogens is 2. The number of halogens is 2. The minimum absolute atomic E-state index is 0.